The summed E-state index contributed by atoms with van der Waals surface area (Å²) in [5, 5.41) is 9.19. The van der Waals surface area contributed by atoms with Gasteiger partial charge in [-0.25, -0.2) is 0 Å². The van der Waals surface area contributed by atoms with Gasteiger partial charge in [-0.15, -0.1) is 0 Å². The molecule has 2 saturated heterocycles. The smallest absolute Gasteiger partial charge is 0.231 e. The molecule has 162 valence electrons. The Morgan fingerprint density at radius 1 is 0.867 bits per heavy atom. The van der Waals surface area contributed by atoms with Crippen LogP contribution < -0.4 is 9.47 Å². The molecule has 7 nitrogen and oxygen atoms in total. The van der Waals surface area contributed by atoms with Crippen LogP contribution in [0.2, 0.25) is 0 Å². The van der Waals surface area contributed by atoms with E-state index in [0.717, 1.165) is 69.6 Å². The van der Waals surface area contributed by atoms with E-state index in [2.05, 4.69) is 26.8 Å². The highest BCUT2D eigenvalue weighted by Crippen LogP contribution is 2.33. The molecule has 0 unspecified atom stereocenters. The average Bonchev–Trinajstić information content (AvgIpc) is 3.43. The van der Waals surface area contributed by atoms with Gasteiger partial charge in [0, 0.05) is 45.3 Å². The number of hydrogen-bond acceptors (Lipinski definition) is 7. The average molecular weight is 414 g/mol. The summed E-state index contributed by atoms with van der Waals surface area (Å²) in [7, 11) is 0. The lowest BCUT2D eigenvalue weighted by Gasteiger charge is -2.43. The third kappa shape index (κ3) is 4.49. The van der Waals surface area contributed by atoms with Crippen molar-refractivity contribution >= 4 is 0 Å². The molecule has 0 amide bonds. The molecule has 1 aromatic carbocycles. The monoisotopic (exact) mass is 413 g/mol. The zero-order valence-electron chi connectivity index (χ0n) is 17.5. The lowest BCUT2D eigenvalue weighted by atomic mass is 10.0. The SMILES string of the molecule is OCc1ccc(CN2CCC[C@H](N3CCN(Cc4ccc5c(c4)OCO5)CC3)C2)o1. The lowest BCUT2D eigenvalue weighted by Crippen LogP contribution is -2.54. The maximum atomic E-state index is 9.19. The van der Waals surface area contributed by atoms with Crippen LogP contribution >= 0.6 is 0 Å². The summed E-state index contributed by atoms with van der Waals surface area (Å²) >= 11 is 0. The number of fused-ring (bicyclic) bond motifs is 1. The van der Waals surface area contributed by atoms with Crippen molar-refractivity contribution in [2.45, 2.75) is 38.6 Å². The normalized spacial score (nSPS) is 23.2. The number of rotatable bonds is 6. The molecule has 2 aromatic rings. The van der Waals surface area contributed by atoms with Gasteiger partial charge in [0.2, 0.25) is 6.79 Å². The van der Waals surface area contributed by atoms with Crippen molar-refractivity contribution in [3.05, 3.63) is 47.4 Å². The minimum absolute atomic E-state index is 0.0286. The van der Waals surface area contributed by atoms with Gasteiger partial charge in [0.1, 0.15) is 18.1 Å². The van der Waals surface area contributed by atoms with Crippen LogP contribution in [0.1, 0.15) is 29.9 Å². The highest BCUT2D eigenvalue weighted by atomic mass is 16.7. The van der Waals surface area contributed by atoms with Gasteiger partial charge in [-0.1, -0.05) is 6.07 Å². The molecule has 4 heterocycles. The van der Waals surface area contributed by atoms with Crippen LogP contribution in [-0.2, 0) is 19.7 Å². The largest absolute Gasteiger partial charge is 0.462 e. The molecule has 30 heavy (non-hydrogen) atoms. The maximum absolute atomic E-state index is 9.19. The van der Waals surface area contributed by atoms with E-state index in [4.69, 9.17) is 13.9 Å². The first-order valence-corrected chi connectivity index (χ1v) is 11.0. The second kappa shape index (κ2) is 8.98. The van der Waals surface area contributed by atoms with Crippen LogP contribution in [0.3, 0.4) is 0 Å². The standard InChI is InChI=1S/C23H31N3O4/c27-16-21-5-4-20(30-21)15-25-7-1-2-19(14-25)26-10-8-24(9-11-26)13-18-3-6-22-23(12-18)29-17-28-22/h3-6,12,19,27H,1-2,7-11,13-17H2/t19-/m0/s1. The van der Waals surface area contributed by atoms with E-state index in [-0.39, 0.29) is 6.61 Å². The Bertz CT molecular complexity index is 847. The van der Waals surface area contributed by atoms with Crippen LogP contribution in [-0.4, -0.2) is 71.9 Å². The first-order valence-electron chi connectivity index (χ1n) is 11.0. The third-order valence-electron chi connectivity index (χ3n) is 6.50. The van der Waals surface area contributed by atoms with Crippen molar-refractivity contribution < 1.29 is 19.0 Å². The van der Waals surface area contributed by atoms with Crippen molar-refractivity contribution in [3.63, 3.8) is 0 Å². The van der Waals surface area contributed by atoms with Crippen molar-refractivity contribution in [1.29, 1.82) is 0 Å². The van der Waals surface area contributed by atoms with E-state index in [1.165, 1.54) is 18.4 Å². The predicted octanol–water partition coefficient (Wildman–Crippen LogP) is 2.28. The lowest BCUT2D eigenvalue weighted by molar-refractivity contribution is 0.0456. The minimum Gasteiger partial charge on any atom is -0.462 e. The first-order chi connectivity index (χ1) is 14.8. The number of ether oxygens (including phenoxy) is 2. The van der Waals surface area contributed by atoms with Gasteiger partial charge < -0.3 is 19.0 Å². The van der Waals surface area contributed by atoms with Gasteiger partial charge >= 0.3 is 0 Å². The Kier molecular flexibility index (Phi) is 5.95. The van der Waals surface area contributed by atoms with Crippen LogP contribution in [0.4, 0.5) is 0 Å². The van der Waals surface area contributed by atoms with Gasteiger partial charge in [-0.05, 0) is 49.2 Å². The summed E-state index contributed by atoms with van der Waals surface area (Å²) in [4.78, 5) is 7.70. The van der Waals surface area contributed by atoms with E-state index in [9.17, 15) is 5.11 Å². The molecular weight excluding hydrogens is 382 g/mol. The summed E-state index contributed by atoms with van der Waals surface area (Å²) in [6, 6.07) is 10.8. The molecule has 0 saturated carbocycles. The molecule has 1 aromatic heterocycles. The maximum Gasteiger partial charge on any atom is 0.231 e. The summed E-state index contributed by atoms with van der Waals surface area (Å²) < 4.78 is 16.6. The number of hydrogen-bond donors (Lipinski definition) is 1. The van der Waals surface area contributed by atoms with Crippen molar-refractivity contribution in [3.8, 4) is 11.5 Å². The molecular formula is C23H31N3O4. The molecule has 3 aliphatic heterocycles. The number of aliphatic hydroxyl groups excluding tert-OH is 1. The molecule has 0 radical (unpaired) electrons. The second-order valence-corrected chi connectivity index (χ2v) is 8.56. The van der Waals surface area contributed by atoms with Crippen LogP contribution in [0.25, 0.3) is 0 Å². The summed E-state index contributed by atoms with van der Waals surface area (Å²) in [6.07, 6.45) is 2.51. The fourth-order valence-electron chi connectivity index (χ4n) is 4.87. The van der Waals surface area contributed by atoms with E-state index >= 15 is 0 Å². The molecule has 0 spiro atoms. The van der Waals surface area contributed by atoms with E-state index in [1.54, 1.807) is 0 Å². The first kappa shape index (κ1) is 19.9. The van der Waals surface area contributed by atoms with Crippen molar-refractivity contribution in [2.75, 3.05) is 46.1 Å². The Morgan fingerprint density at radius 3 is 2.53 bits per heavy atom. The number of piperidine rings is 1. The Hall–Kier alpha value is -2.06. The van der Waals surface area contributed by atoms with Gasteiger partial charge in [0.15, 0.2) is 11.5 Å². The summed E-state index contributed by atoms with van der Waals surface area (Å²) in [5.41, 5.74) is 1.29. The van der Waals surface area contributed by atoms with Crippen LogP contribution in [0, 0.1) is 0 Å². The molecule has 7 heteroatoms. The summed E-state index contributed by atoms with van der Waals surface area (Å²) in [5.74, 6) is 3.33. The van der Waals surface area contributed by atoms with Crippen molar-refractivity contribution in [1.82, 2.24) is 14.7 Å². The Balaban J connectivity index is 1.11. The van der Waals surface area contributed by atoms with E-state index in [1.807, 2.05) is 18.2 Å². The van der Waals surface area contributed by atoms with Crippen molar-refractivity contribution in [2.24, 2.45) is 0 Å². The fourth-order valence-corrected chi connectivity index (χ4v) is 4.87. The number of furan rings is 1. The number of aliphatic hydroxyl groups is 1. The molecule has 1 N–H and O–H groups in total. The number of nitrogens with zero attached hydrogens (tertiary/aromatic N) is 3. The number of likely N-dealkylation sites (tertiary alicyclic amines) is 1. The molecule has 1 atom stereocenters. The van der Waals surface area contributed by atoms with Crippen LogP contribution in [0.15, 0.2) is 34.7 Å². The molecule has 0 bridgehead atoms. The zero-order chi connectivity index (χ0) is 20.3. The predicted molar refractivity (Wildman–Crippen MR) is 112 cm³/mol. The molecule has 5 rings (SSSR count). The molecule has 0 aliphatic carbocycles. The molecule has 2 fully saturated rings. The highest BCUT2D eigenvalue weighted by Gasteiger charge is 2.28. The Morgan fingerprint density at radius 2 is 1.70 bits per heavy atom. The summed E-state index contributed by atoms with van der Waals surface area (Å²) in [6.45, 7) is 8.76. The van der Waals surface area contributed by atoms with E-state index < -0.39 is 0 Å². The number of benzene rings is 1. The van der Waals surface area contributed by atoms with Gasteiger partial charge in [-0.2, -0.15) is 0 Å². The quantitative estimate of drug-likeness (QED) is 0.780. The minimum atomic E-state index is -0.0286. The zero-order valence-corrected chi connectivity index (χ0v) is 17.5. The van der Waals surface area contributed by atoms with Gasteiger partial charge in [0.25, 0.3) is 0 Å². The van der Waals surface area contributed by atoms with Crippen LogP contribution in [0.5, 0.6) is 11.5 Å². The third-order valence-corrected chi connectivity index (χ3v) is 6.50. The fraction of sp³-hybridized carbons (Fsp3) is 0.565. The highest BCUT2D eigenvalue weighted by molar-refractivity contribution is 5.44. The van der Waals surface area contributed by atoms with Gasteiger partial charge in [0.05, 0.1) is 6.54 Å². The second-order valence-electron chi connectivity index (χ2n) is 8.56. The Labute approximate surface area is 177 Å². The number of piperazine rings is 1. The molecule has 3 aliphatic rings. The van der Waals surface area contributed by atoms with E-state index in [0.29, 0.717) is 18.6 Å². The topological polar surface area (TPSA) is 61.6 Å². The van der Waals surface area contributed by atoms with Gasteiger partial charge in [-0.3, -0.25) is 14.7 Å².